The van der Waals surface area contributed by atoms with Gasteiger partial charge in [0.2, 0.25) is 0 Å². The van der Waals surface area contributed by atoms with Gasteiger partial charge in [0.05, 0.1) is 9.79 Å². The minimum absolute atomic E-state index is 0.115. The van der Waals surface area contributed by atoms with Gasteiger partial charge in [-0.2, -0.15) is 16.8 Å². The van der Waals surface area contributed by atoms with Crippen LogP contribution in [0.15, 0.2) is 58.3 Å². The quantitative estimate of drug-likeness (QED) is 0.176. The Morgan fingerprint density at radius 2 is 0.938 bits per heavy atom. The summed E-state index contributed by atoms with van der Waals surface area (Å²) in [5.41, 5.74) is 1.92. The first kappa shape index (κ1) is 27.5. The van der Waals surface area contributed by atoms with Crippen LogP contribution in [0.3, 0.4) is 0 Å². The van der Waals surface area contributed by atoms with Crippen LogP contribution in [0.4, 0.5) is 0 Å². The lowest BCUT2D eigenvalue weighted by Gasteiger charge is -2.26. The van der Waals surface area contributed by atoms with Crippen molar-refractivity contribution < 1.29 is 25.2 Å². The number of rotatable bonds is 11. The van der Waals surface area contributed by atoms with Crippen LogP contribution in [0.2, 0.25) is 0 Å². The van der Waals surface area contributed by atoms with Gasteiger partial charge in [0, 0.05) is 22.3 Å². The summed E-state index contributed by atoms with van der Waals surface area (Å²) in [6, 6.07) is 13.0. The van der Waals surface area contributed by atoms with E-state index in [1.54, 1.807) is 55.7 Å². The van der Waals surface area contributed by atoms with Crippen LogP contribution >= 0.6 is 21.6 Å². The molecule has 0 amide bonds. The van der Waals surface area contributed by atoms with Crippen LogP contribution in [0.5, 0.6) is 0 Å². The van der Waals surface area contributed by atoms with Crippen molar-refractivity contribution in [2.75, 3.05) is 11.5 Å². The van der Waals surface area contributed by atoms with Crippen molar-refractivity contribution in [3.05, 3.63) is 59.7 Å². The fourth-order valence-electron chi connectivity index (χ4n) is 2.52. The second-order valence-electron chi connectivity index (χ2n) is 8.74. The second kappa shape index (κ2) is 10.7. The van der Waals surface area contributed by atoms with E-state index in [-0.39, 0.29) is 9.79 Å². The van der Waals surface area contributed by atoms with Gasteiger partial charge in [-0.25, -0.2) is 0 Å². The van der Waals surface area contributed by atoms with Crippen molar-refractivity contribution in [1.29, 1.82) is 0 Å². The molecule has 2 aromatic rings. The van der Waals surface area contributed by atoms with Crippen LogP contribution in [0, 0.1) is 13.8 Å². The third-order valence-electron chi connectivity index (χ3n) is 4.19. The lowest BCUT2D eigenvalue weighted by atomic mass is 9.67. The Kier molecular flexibility index (Phi) is 9.14. The number of hydrogen-bond acceptors (Lipinski definition) is 8. The SMILES string of the molecule is BC(B)(CSSCC(B)(B)OS(=O)(=O)c1ccc(C)cc1)OS(=O)(=O)c1ccc(C)cc1. The van der Waals surface area contributed by atoms with Gasteiger partial charge in [-0.1, -0.05) is 57.0 Å². The molecule has 0 saturated heterocycles. The molecule has 0 aromatic heterocycles. The van der Waals surface area contributed by atoms with Gasteiger partial charge < -0.3 is 0 Å². The molecule has 0 atom stereocenters. The largest absolute Gasteiger partial charge is 0.296 e. The zero-order valence-corrected chi connectivity index (χ0v) is 22.4. The molecule has 0 N–H and O–H groups in total. The Labute approximate surface area is 203 Å². The molecular formula is C18H26B4O6S4. The second-order valence-corrected chi connectivity index (χ2v) is 14.3. The fraction of sp³-hybridized carbons (Fsp3) is 0.333. The Morgan fingerprint density at radius 3 is 1.22 bits per heavy atom. The molecule has 0 bridgehead atoms. The summed E-state index contributed by atoms with van der Waals surface area (Å²) in [5.74, 6) is 0.757. The van der Waals surface area contributed by atoms with E-state index >= 15 is 0 Å². The van der Waals surface area contributed by atoms with Gasteiger partial charge in [0.25, 0.3) is 20.2 Å². The summed E-state index contributed by atoms with van der Waals surface area (Å²) >= 11 is 0. The highest BCUT2D eigenvalue weighted by Gasteiger charge is 2.31. The molecule has 2 aromatic carbocycles. The molecule has 14 heteroatoms. The average molecular weight is 510 g/mol. The smallest absolute Gasteiger partial charge is 0.277 e. The normalized spacial score (nSPS) is 13.2. The zero-order chi connectivity index (χ0) is 24.2. The van der Waals surface area contributed by atoms with Crippen LogP contribution in [-0.4, -0.2) is 70.5 Å². The highest BCUT2D eigenvalue weighted by molar-refractivity contribution is 8.76. The van der Waals surface area contributed by atoms with Crippen molar-refractivity contribution in [1.82, 2.24) is 0 Å². The predicted octanol–water partition coefficient (Wildman–Crippen LogP) is -0.364. The fourth-order valence-corrected chi connectivity index (χ4v) is 8.16. The highest BCUT2D eigenvalue weighted by atomic mass is 33.1. The molecule has 0 aliphatic rings. The van der Waals surface area contributed by atoms with Gasteiger partial charge in [0.1, 0.15) is 31.4 Å². The van der Waals surface area contributed by atoms with Crippen LogP contribution < -0.4 is 0 Å². The standard InChI is InChI=1S/C18H26B4O6S4/c1-13-3-7-15(8-4-13)31(23,24)27-17(19,20)11-29-30-12-18(21,22)28-32(25,26)16-9-5-14(2)6-10-16/h3-10H,11-12,19-22H2,1-2H3. The molecule has 0 heterocycles. The monoisotopic (exact) mass is 510 g/mol. The van der Waals surface area contributed by atoms with Crippen LogP contribution in [0.25, 0.3) is 0 Å². The van der Waals surface area contributed by atoms with Crippen molar-refractivity contribution in [2.45, 2.75) is 34.4 Å². The minimum Gasteiger partial charge on any atom is -0.277 e. The van der Waals surface area contributed by atoms with Gasteiger partial charge in [0.15, 0.2) is 0 Å². The Bertz CT molecular complexity index is 1030. The minimum atomic E-state index is -3.88. The van der Waals surface area contributed by atoms with E-state index in [1.165, 1.54) is 45.9 Å². The molecule has 0 unspecified atom stereocenters. The first-order valence-electron chi connectivity index (χ1n) is 9.91. The Balaban J connectivity index is 1.89. The van der Waals surface area contributed by atoms with Crippen molar-refractivity contribution in [3.8, 4) is 0 Å². The summed E-state index contributed by atoms with van der Waals surface area (Å²) in [7, 11) is 1.85. The van der Waals surface area contributed by atoms with Gasteiger partial charge in [-0.3, -0.25) is 8.37 Å². The highest BCUT2D eigenvalue weighted by Crippen LogP contribution is 2.31. The van der Waals surface area contributed by atoms with Crippen LogP contribution in [0.1, 0.15) is 11.1 Å². The molecule has 0 fully saturated rings. The number of hydrogen-bond donors (Lipinski definition) is 0. The molecule has 0 aliphatic carbocycles. The third-order valence-corrected chi connectivity index (χ3v) is 10.2. The molecule has 0 radical (unpaired) electrons. The summed E-state index contributed by atoms with van der Waals surface area (Å²) in [6.07, 6.45) is 0. The Hall–Kier alpha value is -0.780. The maximum atomic E-state index is 12.5. The molecule has 0 aliphatic heterocycles. The van der Waals surface area contributed by atoms with E-state index in [2.05, 4.69) is 0 Å². The van der Waals surface area contributed by atoms with Crippen molar-refractivity contribution in [3.63, 3.8) is 0 Å². The van der Waals surface area contributed by atoms with Crippen molar-refractivity contribution in [2.24, 2.45) is 0 Å². The molecule has 0 saturated carbocycles. The third kappa shape index (κ3) is 8.53. The van der Waals surface area contributed by atoms with E-state index in [1.807, 2.05) is 13.8 Å². The maximum Gasteiger partial charge on any atom is 0.296 e. The van der Waals surface area contributed by atoms with Gasteiger partial charge >= 0.3 is 0 Å². The van der Waals surface area contributed by atoms with Crippen LogP contribution in [-0.2, 0) is 28.6 Å². The van der Waals surface area contributed by atoms with Gasteiger partial charge in [-0.15, -0.1) is 0 Å². The number of benzene rings is 2. The summed E-state index contributed by atoms with van der Waals surface area (Å²) in [5, 5.41) is -1.89. The zero-order valence-electron chi connectivity index (χ0n) is 19.1. The van der Waals surface area contributed by atoms with E-state index in [0.717, 1.165) is 11.1 Å². The molecule has 32 heavy (non-hydrogen) atoms. The molecule has 170 valence electrons. The van der Waals surface area contributed by atoms with E-state index in [4.69, 9.17) is 8.37 Å². The number of aryl methyl sites for hydroxylation is 2. The maximum absolute atomic E-state index is 12.5. The summed E-state index contributed by atoms with van der Waals surface area (Å²) in [6.45, 7) is 3.76. The summed E-state index contributed by atoms with van der Waals surface area (Å²) < 4.78 is 61.0. The summed E-state index contributed by atoms with van der Waals surface area (Å²) in [4.78, 5) is 0.231. The molecule has 2 rings (SSSR count). The molecular weight excluding hydrogens is 484 g/mol. The van der Waals surface area contributed by atoms with E-state index in [9.17, 15) is 16.8 Å². The van der Waals surface area contributed by atoms with Gasteiger partial charge in [-0.05, 0) is 38.1 Å². The van der Waals surface area contributed by atoms with E-state index in [0.29, 0.717) is 11.5 Å². The molecule has 6 nitrogen and oxygen atoms in total. The lowest BCUT2D eigenvalue weighted by molar-refractivity contribution is 0.269. The first-order chi connectivity index (χ1) is 14.6. The first-order valence-corrected chi connectivity index (χ1v) is 15.2. The predicted molar refractivity (Wildman–Crippen MR) is 143 cm³/mol. The van der Waals surface area contributed by atoms with E-state index < -0.39 is 31.0 Å². The molecule has 0 spiro atoms. The Morgan fingerprint density at radius 1 is 0.656 bits per heavy atom. The average Bonchev–Trinajstić information content (AvgIpc) is 2.64. The van der Waals surface area contributed by atoms with Crippen molar-refractivity contribution >= 4 is 73.2 Å². The topological polar surface area (TPSA) is 86.7 Å². The lowest BCUT2D eigenvalue weighted by Crippen LogP contribution is -2.40.